The summed E-state index contributed by atoms with van der Waals surface area (Å²) in [5.41, 5.74) is 0. The van der Waals surface area contributed by atoms with Crippen molar-refractivity contribution < 1.29 is 33.9 Å². The summed E-state index contributed by atoms with van der Waals surface area (Å²) in [6.45, 7) is 1.54. The number of rotatable bonds is 3. The fourth-order valence-electron chi connectivity index (χ4n) is 0.327. The summed E-state index contributed by atoms with van der Waals surface area (Å²) in [4.78, 5) is 9.68. The van der Waals surface area contributed by atoms with E-state index in [4.69, 9.17) is 5.11 Å². The molecule has 0 saturated heterocycles. The van der Waals surface area contributed by atoms with Gasteiger partial charge in [-0.2, -0.15) is 0 Å². The second kappa shape index (κ2) is 6.15. The van der Waals surface area contributed by atoms with Crippen molar-refractivity contribution in [2.24, 2.45) is 0 Å². The van der Waals surface area contributed by atoms with E-state index in [9.17, 15) is 9.90 Å². The van der Waals surface area contributed by atoms with Crippen LogP contribution < -0.4 is 24.0 Å². The Morgan fingerprint density at radius 1 is 1.78 bits per heavy atom. The van der Waals surface area contributed by atoms with Crippen molar-refractivity contribution in [3.05, 3.63) is 0 Å². The SMILES string of the molecule is CC(O)CCC(=O)[O-].[Li+]. The van der Waals surface area contributed by atoms with Gasteiger partial charge < -0.3 is 15.0 Å². The van der Waals surface area contributed by atoms with E-state index in [0.29, 0.717) is 0 Å². The van der Waals surface area contributed by atoms with Crippen LogP contribution in [0.25, 0.3) is 0 Å². The fourth-order valence-corrected chi connectivity index (χ4v) is 0.327. The third-order valence-electron chi connectivity index (χ3n) is 0.766. The Bertz CT molecular complexity index is 82.3. The van der Waals surface area contributed by atoms with Gasteiger partial charge in [-0.15, -0.1) is 0 Å². The predicted molar refractivity (Wildman–Crippen MR) is 25.9 cm³/mol. The molecule has 1 N–H and O–H groups in total. The van der Waals surface area contributed by atoms with Crippen LogP contribution in [0, 0.1) is 0 Å². The minimum Gasteiger partial charge on any atom is -0.550 e. The van der Waals surface area contributed by atoms with E-state index in [1.54, 1.807) is 6.92 Å². The summed E-state index contributed by atoms with van der Waals surface area (Å²) >= 11 is 0. The molecule has 0 radical (unpaired) electrons. The molecule has 9 heavy (non-hydrogen) atoms. The molecule has 4 heteroatoms. The van der Waals surface area contributed by atoms with Crippen molar-refractivity contribution in [2.45, 2.75) is 25.9 Å². The zero-order chi connectivity index (χ0) is 6.57. The topological polar surface area (TPSA) is 60.4 Å². The number of aliphatic hydroxyl groups excluding tert-OH is 1. The van der Waals surface area contributed by atoms with Crippen molar-refractivity contribution in [3.63, 3.8) is 0 Å². The Balaban J connectivity index is 0. The average Bonchev–Trinajstić information content (AvgIpc) is 1.61. The van der Waals surface area contributed by atoms with Gasteiger partial charge in [-0.25, -0.2) is 0 Å². The van der Waals surface area contributed by atoms with Crippen LogP contribution in [-0.4, -0.2) is 17.2 Å². The molecular formula is C5H9LiO3. The van der Waals surface area contributed by atoms with Gasteiger partial charge in [-0.3, -0.25) is 0 Å². The number of carbonyl (C=O) groups is 1. The van der Waals surface area contributed by atoms with Crippen molar-refractivity contribution >= 4 is 5.97 Å². The van der Waals surface area contributed by atoms with E-state index >= 15 is 0 Å². The summed E-state index contributed by atoms with van der Waals surface area (Å²) in [6, 6.07) is 0. The van der Waals surface area contributed by atoms with E-state index in [1.165, 1.54) is 0 Å². The molecule has 1 unspecified atom stereocenters. The Labute approximate surface area is 66.2 Å². The maximum atomic E-state index is 9.68. The molecule has 0 amide bonds. The number of aliphatic carboxylic acids is 1. The summed E-state index contributed by atoms with van der Waals surface area (Å²) in [5.74, 6) is -1.11. The van der Waals surface area contributed by atoms with Crippen molar-refractivity contribution in [2.75, 3.05) is 0 Å². The van der Waals surface area contributed by atoms with Crippen molar-refractivity contribution in [1.29, 1.82) is 0 Å². The second-order valence-electron chi connectivity index (χ2n) is 1.76. The molecule has 48 valence electrons. The molecule has 3 nitrogen and oxygen atoms in total. The van der Waals surface area contributed by atoms with E-state index in [-0.39, 0.29) is 31.7 Å². The molecule has 0 aliphatic rings. The van der Waals surface area contributed by atoms with Crippen LogP contribution in [0.3, 0.4) is 0 Å². The van der Waals surface area contributed by atoms with Crippen LogP contribution in [0.5, 0.6) is 0 Å². The number of carboxylic acids is 1. The number of aliphatic hydroxyl groups is 1. The first kappa shape index (κ1) is 11.8. The van der Waals surface area contributed by atoms with Crippen LogP contribution >= 0.6 is 0 Å². The van der Waals surface area contributed by atoms with Gasteiger partial charge in [-0.1, -0.05) is 0 Å². The molecule has 0 rings (SSSR count). The van der Waals surface area contributed by atoms with Crippen LogP contribution in [-0.2, 0) is 4.79 Å². The van der Waals surface area contributed by atoms with E-state index < -0.39 is 12.1 Å². The summed E-state index contributed by atoms with van der Waals surface area (Å²) in [6.07, 6.45) is -0.312. The second-order valence-corrected chi connectivity index (χ2v) is 1.76. The van der Waals surface area contributed by atoms with E-state index in [1.807, 2.05) is 0 Å². The number of hydrogen-bond acceptors (Lipinski definition) is 3. The number of carboxylic acid groups (broad SMARTS) is 1. The number of carbonyl (C=O) groups excluding carboxylic acids is 1. The molecule has 0 aliphatic carbocycles. The Morgan fingerprint density at radius 2 is 2.22 bits per heavy atom. The van der Waals surface area contributed by atoms with Gasteiger partial charge in [0, 0.05) is 5.97 Å². The largest absolute Gasteiger partial charge is 1.00 e. The van der Waals surface area contributed by atoms with Gasteiger partial charge in [-0.05, 0) is 19.8 Å². The molecule has 0 aromatic rings. The van der Waals surface area contributed by atoms with Gasteiger partial charge in [0.1, 0.15) is 0 Å². The van der Waals surface area contributed by atoms with E-state index in [0.717, 1.165) is 0 Å². The zero-order valence-corrected chi connectivity index (χ0v) is 5.76. The minimum atomic E-state index is -1.11. The molecule has 0 spiro atoms. The average molecular weight is 124 g/mol. The molecule has 0 aromatic carbocycles. The normalized spacial score (nSPS) is 11.8. The van der Waals surface area contributed by atoms with Gasteiger partial charge in [0.05, 0.1) is 6.10 Å². The molecule has 0 bridgehead atoms. The van der Waals surface area contributed by atoms with Crippen molar-refractivity contribution in [3.8, 4) is 0 Å². The Hall–Kier alpha value is 0.0274. The maximum absolute atomic E-state index is 9.68. The molecule has 0 fully saturated rings. The third-order valence-corrected chi connectivity index (χ3v) is 0.766. The Kier molecular flexibility index (Phi) is 8.05. The van der Waals surface area contributed by atoms with Gasteiger partial charge in [0.25, 0.3) is 0 Å². The summed E-state index contributed by atoms with van der Waals surface area (Å²) in [5, 5.41) is 18.2. The minimum absolute atomic E-state index is 0. The number of hydrogen-bond donors (Lipinski definition) is 1. The zero-order valence-electron chi connectivity index (χ0n) is 5.76. The van der Waals surface area contributed by atoms with Crippen molar-refractivity contribution in [1.82, 2.24) is 0 Å². The van der Waals surface area contributed by atoms with E-state index in [2.05, 4.69) is 0 Å². The predicted octanol–water partition coefficient (Wildman–Crippen LogP) is -4.10. The van der Waals surface area contributed by atoms with Gasteiger partial charge in [0.15, 0.2) is 0 Å². The summed E-state index contributed by atoms with van der Waals surface area (Å²) in [7, 11) is 0. The molecule has 0 aromatic heterocycles. The van der Waals surface area contributed by atoms with Crippen LogP contribution in [0.4, 0.5) is 0 Å². The molecular weight excluding hydrogens is 115 g/mol. The van der Waals surface area contributed by atoms with Crippen LogP contribution in [0.2, 0.25) is 0 Å². The molecule has 1 atom stereocenters. The Morgan fingerprint density at radius 3 is 2.33 bits per heavy atom. The first-order chi connectivity index (χ1) is 3.63. The third kappa shape index (κ3) is 11.5. The van der Waals surface area contributed by atoms with Gasteiger partial charge >= 0.3 is 18.9 Å². The molecule has 0 aliphatic heterocycles. The first-order valence-electron chi connectivity index (χ1n) is 2.51. The smallest absolute Gasteiger partial charge is 0.550 e. The molecule has 0 heterocycles. The fraction of sp³-hybridized carbons (Fsp3) is 0.800. The molecule has 0 saturated carbocycles. The van der Waals surface area contributed by atoms with Gasteiger partial charge in [0.2, 0.25) is 0 Å². The maximum Gasteiger partial charge on any atom is 1.00 e. The van der Waals surface area contributed by atoms with Crippen LogP contribution in [0.1, 0.15) is 19.8 Å². The monoisotopic (exact) mass is 124 g/mol. The van der Waals surface area contributed by atoms with Crippen LogP contribution in [0.15, 0.2) is 0 Å². The summed E-state index contributed by atoms with van der Waals surface area (Å²) < 4.78 is 0. The first-order valence-corrected chi connectivity index (χ1v) is 2.51. The standard InChI is InChI=1S/C5H10O3.Li/c1-4(6)2-3-5(7)8;/h4,6H,2-3H2,1H3,(H,7,8);/q;+1/p-1. The quantitative estimate of drug-likeness (QED) is 0.389.